The van der Waals surface area contributed by atoms with Gasteiger partial charge in [0.05, 0.1) is 0 Å². The van der Waals surface area contributed by atoms with Gasteiger partial charge in [0, 0.05) is 0 Å². The van der Waals surface area contributed by atoms with E-state index in [1.54, 1.807) is 0 Å². The van der Waals surface area contributed by atoms with Crippen LogP contribution in [0.15, 0.2) is 0 Å². The van der Waals surface area contributed by atoms with Gasteiger partial charge in [0.15, 0.2) is 0 Å². The summed E-state index contributed by atoms with van der Waals surface area (Å²) in [4.78, 5) is 0. The van der Waals surface area contributed by atoms with Crippen LogP contribution in [-0.2, 0) is 0 Å². The zero-order chi connectivity index (χ0) is 5.70. The van der Waals surface area contributed by atoms with Gasteiger partial charge in [-0.15, -0.1) is 0 Å². The van der Waals surface area contributed by atoms with Crippen LogP contribution in [-0.4, -0.2) is 27.5 Å². The monoisotopic (exact) mass is 212 g/mol. The number of rotatable bonds is 3. The SMILES string of the molecule is CCC[CH2][SnH]([OH])[OH]. The van der Waals surface area contributed by atoms with E-state index in [1.165, 1.54) is 0 Å². The van der Waals surface area contributed by atoms with Crippen LogP contribution in [0.25, 0.3) is 0 Å². The molecule has 0 aromatic rings. The van der Waals surface area contributed by atoms with Crippen LogP contribution >= 0.6 is 0 Å². The maximum absolute atomic E-state index is 8.45. The summed E-state index contributed by atoms with van der Waals surface area (Å²) in [6.07, 6.45) is 2.07. The molecule has 0 spiro atoms. The Morgan fingerprint density at radius 1 is 1.43 bits per heavy atom. The van der Waals surface area contributed by atoms with Crippen LogP contribution in [0.3, 0.4) is 0 Å². The molecule has 7 heavy (non-hydrogen) atoms. The zero-order valence-electron chi connectivity index (χ0n) is 4.59. The average molecular weight is 211 g/mol. The number of unbranched alkanes of at least 4 members (excludes halogenated alkanes) is 1. The summed E-state index contributed by atoms with van der Waals surface area (Å²) in [5, 5.41) is 0. The van der Waals surface area contributed by atoms with E-state index in [9.17, 15) is 0 Å². The average Bonchev–Trinajstić information content (AvgIpc) is 1.61. The van der Waals surface area contributed by atoms with Crippen molar-refractivity contribution >= 4 is 20.6 Å². The van der Waals surface area contributed by atoms with Crippen molar-refractivity contribution < 1.29 is 6.89 Å². The molecule has 0 rings (SSSR count). The summed E-state index contributed by atoms with van der Waals surface area (Å²) in [6.45, 7) is 2.05. The summed E-state index contributed by atoms with van der Waals surface area (Å²) in [7, 11) is 0. The Kier molecular flexibility index (Phi) is 5.37. The predicted molar refractivity (Wildman–Crippen MR) is 31.3 cm³/mol. The van der Waals surface area contributed by atoms with E-state index >= 15 is 0 Å². The molecule has 3 heteroatoms. The molecular weight excluding hydrogens is 199 g/mol. The molecule has 2 nitrogen and oxygen atoms in total. The van der Waals surface area contributed by atoms with Gasteiger partial charge in [-0.1, -0.05) is 0 Å². The molecule has 2 N–H and O–H groups in total. The summed E-state index contributed by atoms with van der Waals surface area (Å²) in [5.41, 5.74) is 0. The van der Waals surface area contributed by atoms with Gasteiger partial charge >= 0.3 is 51.7 Å². The third kappa shape index (κ3) is 6.72. The molecule has 0 aromatic carbocycles. The summed E-state index contributed by atoms with van der Waals surface area (Å²) >= 11 is -2.75. The van der Waals surface area contributed by atoms with E-state index < -0.39 is 20.6 Å². The van der Waals surface area contributed by atoms with Gasteiger partial charge in [0.1, 0.15) is 0 Å². The van der Waals surface area contributed by atoms with Crippen LogP contribution in [0.5, 0.6) is 0 Å². The molecule has 0 aliphatic carbocycles. The van der Waals surface area contributed by atoms with Crippen molar-refractivity contribution in [3.8, 4) is 0 Å². The molecule has 0 aliphatic rings. The van der Waals surface area contributed by atoms with Crippen LogP contribution < -0.4 is 0 Å². The van der Waals surface area contributed by atoms with Gasteiger partial charge in [-0.2, -0.15) is 0 Å². The number of hydrogen-bond acceptors (Lipinski definition) is 2. The van der Waals surface area contributed by atoms with Gasteiger partial charge in [-0.05, 0) is 0 Å². The van der Waals surface area contributed by atoms with E-state index in [0.29, 0.717) is 0 Å². The Balaban J connectivity index is 2.68. The van der Waals surface area contributed by atoms with Gasteiger partial charge in [0.25, 0.3) is 0 Å². The van der Waals surface area contributed by atoms with Crippen molar-refractivity contribution in [2.75, 3.05) is 0 Å². The molecule has 0 saturated heterocycles. The summed E-state index contributed by atoms with van der Waals surface area (Å²) in [6, 6.07) is 0. The van der Waals surface area contributed by atoms with Crippen LogP contribution in [0.4, 0.5) is 0 Å². The first-order chi connectivity index (χ1) is 3.27. The fourth-order valence-corrected chi connectivity index (χ4v) is 2.59. The van der Waals surface area contributed by atoms with Crippen molar-refractivity contribution in [2.24, 2.45) is 0 Å². The quantitative estimate of drug-likeness (QED) is 0.644. The van der Waals surface area contributed by atoms with E-state index in [4.69, 9.17) is 6.89 Å². The van der Waals surface area contributed by atoms with Crippen LogP contribution in [0.2, 0.25) is 4.44 Å². The maximum atomic E-state index is 8.45. The molecule has 0 heterocycles. The summed E-state index contributed by atoms with van der Waals surface area (Å²) < 4.78 is 17.6. The Labute approximate surface area is 52.0 Å². The Bertz CT molecular complexity index is 38.7. The Hall–Kier alpha value is 0.719. The molecule has 0 unspecified atom stereocenters. The third-order valence-corrected chi connectivity index (χ3v) is 3.45. The van der Waals surface area contributed by atoms with Crippen LogP contribution in [0, 0.1) is 0 Å². The molecular formula is C4H12O2Sn. The third-order valence-electron chi connectivity index (χ3n) is 0.816. The van der Waals surface area contributed by atoms with Crippen molar-refractivity contribution in [3.63, 3.8) is 0 Å². The van der Waals surface area contributed by atoms with Crippen molar-refractivity contribution in [3.05, 3.63) is 0 Å². The fourth-order valence-electron chi connectivity index (χ4n) is 0.387. The molecule has 0 atom stereocenters. The normalized spacial score (nSPS) is 10.3. The molecule has 0 radical (unpaired) electrons. The Morgan fingerprint density at radius 3 is 2.14 bits per heavy atom. The minimum absolute atomic E-state index is 0.720. The topological polar surface area (TPSA) is 40.5 Å². The van der Waals surface area contributed by atoms with E-state index in [1.807, 2.05) is 6.92 Å². The van der Waals surface area contributed by atoms with Gasteiger partial charge < -0.3 is 0 Å². The van der Waals surface area contributed by atoms with E-state index in [2.05, 4.69) is 0 Å². The first-order valence-electron chi connectivity index (χ1n) is 2.63. The second kappa shape index (κ2) is 4.87. The first-order valence-corrected chi connectivity index (χ1v) is 7.91. The van der Waals surface area contributed by atoms with Gasteiger partial charge in [0.2, 0.25) is 0 Å². The van der Waals surface area contributed by atoms with Gasteiger partial charge in [-0.3, -0.25) is 0 Å². The van der Waals surface area contributed by atoms with Crippen molar-refractivity contribution in [1.82, 2.24) is 0 Å². The standard InChI is InChI=1S/C4H9.2H2O.Sn.H/c1-3-4-2;;;;/h1,3-4H2,2H3;2*1H2;;/q;;;+2;/p-2. The molecule has 44 valence electrons. The molecule has 0 aliphatic heterocycles. The number of hydrogen-bond donors (Lipinski definition) is 2. The second-order valence-corrected chi connectivity index (χ2v) is 6.01. The predicted octanol–water partition coefficient (Wildman–Crippen LogP) is -0.00840. The van der Waals surface area contributed by atoms with E-state index in [0.717, 1.165) is 17.3 Å². The molecule has 0 bridgehead atoms. The summed E-state index contributed by atoms with van der Waals surface area (Å²) in [5.74, 6) is 0. The molecule has 0 amide bonds. The van der Waals surface area contributed by atoms with Crippen LogP contribution in [0.1, 0.15) is 19.8 Å². The Morgan fingerprint density at radius 2 is 2.00 bits per heavy atom. The fraction of sp³-hybridized carbons (Fsp3) is 1.00. The van der Waals surface area contributed by atoms with Crippen molar-refractivity contribution in [1.29, 1.82) is 0 Å². The first kappa shape index (κ1) is 7.72. The molecule has 0 aromatic heterocycles. The second-order valence-electron chi connectivity index (χ2n) is 1.62. The van der Waals surface area contributed by atoms with Gasteiger partial charge in [-0.25, -0.2) is 0 Å². The van der Waals surface area contributed by atoms with Crippen molar-refractivity contribution in [2.45, 2.75) is 24.2 Å². The minimum atomic E-state index is -2.75. The zero-order valence-corrected chi connectivity index (χ0v) is 7.89. The van der Waals surface area contributed by atoms with E-state index in [-0.39, 0.29) is 0 Å². The molecule has 0 fully saturated rings. The molecule has 0 saturated carbocycles.